The van der Waals surface area contributed by atoms with Crippen LogP contribution in [0.3, 0.4) is 0 Å². The second kappa shape index (κ2) is 6.44. The molecule has 2 aromatic rings. The normalized spacial score (nSPS) is 16.8. The lowest BCUT2D eigenvalue weighted by molar-refractivity contribution is -0.143. The minimum absolute atomic E-state index is 0.120. The van der Waals surface area contributed by atoms with Crippen molar-refractivity contribution in [3.05, 3.63) is 35.2 Å². The third-order valence-electron chi connectivity index (χ3n) is 3.90. The van der Waals surface area contributed by atoms with Crippen molar-refractivity contribution >= 4 is 10.0 Å². The van der Waals surface area contributed by atoms with E-state index in [0.717, 1.165) is 4.31 Å². The van der Waals surface area contributed by atoms with Gasteiger partial charge in [0.2, 0.25) is 10.0 Å². The summed E-state index contributed by atoms with van der Waals surface area (Å²) >= 11 is 0. The molecule has 0 spiro atoms. The van der Waals surface area contributed by atoms with Crippen LogP contribution in [-0.4, -0.2) is 39.5 Å². The summed E-state index contributed by atoms with van der Waals surface area (Å²) in [6.07, 6.45) is -10.1. The van der Waals surface area contributed by atoms with Gasteiger partial charge < -0.3 is 0 Å². The average Bonchev–Trinajstić information content (AvgIpc) is 2.89. The number of aryl methyl sites for hydroxylation is 1. The number of nitrogens with zero attached hydrogens (tertiary/aromatic N) is 5. The summed E-state index contributed by atoms with van der Waals surface area (Å²) in [6.45, 7) is -0.220. The molecule has 27 heavy (non-hydrogen) atoms. The Morgan fingerprint density at radius 2 is 1.52 bits per heavy atom. The third-order valence-corrected chi connectivity index (χ3v) is 5.72. The Labute approximate surface area is 148 Å². The van der Waals surface area contributed by atoms with Crippen LogP contribution in [0.1, 0.15) is 23.4 Å². The zero-order chi connectivity index (χ0) is 20.0. The predicted molar refractivity (Wildman–Crippen MR) is 76.5 cm³/mol. The standard InChI is InChI=1S/C13H11F6N5O2S/c14-12(15,16)8-4-9(13(17,18)19)6-10(5-8)27(25,26)23-2-1-3-24-11(7-23)20-21-22-24/h4-6H,1-3,7H2. The zero-order valence-electron chi connectivity index (χ0n) is 13.3. The van der Waals surface area contributed by atoms with Crippen molar-refractivity contribution in [2.24, 2.45) is 0 Å². The molecule has 0 amide bonds. The highest BCUT2D eigenvalue weighted by Crippen LogP contribution is 2.38. The van der Waals surface area contributed by atoms with Crippen LogP contribution < -0.4 is 0 Å². The van der Waals surface area contributed by atoms with Crippen LogP contribution in [0.2, 0.25) is 0 Å². The van der Waals surface area contributed by atoms with Crippen molar-refractivity contribution in [3.8, 4) is 0 Å². The number of tetrazole rings is 1. The van der Waals surface area contributed by atoms with Gasteiger partial charge in [0.25, 0.3) is 0 Å². The van der Waals surface area contributed by atoms with E-state index in [2.05, 4.69) is 15.5 Å². The van der Waals surface area contributed by atoms with E-state index >= 15 is 0 Å². The Hall–Kier alpha value is -2.22. The number of alkyl halides is 6. The van der Waals surface area contributed by atoms with Crippen LogP contribution in [-0.2, 0) is 35.5 Å². The highest BCUT2D eigenvalue weighted by atomic mass is 32.2. The molecule has 3 rings (SSSR count). The van der Waals surface area contributed by atoms with Gasteiger partial charge in [-0.05, 0) is 35.0 Å². The number of halogens is 6. The lowest BCUT2D eigenvalue weighted by Crippen LogP contribution is -2.31. The molecule has 0 unspecified atom stereocenters. The molecule has 0 bridgehead atoms. The van der Waals surface area contributed by atoms with Crippen LogP contribution in [0.25, 0.3) is 0 Å². The molecular weight excluding hydrogens is 404 g/mol. The van der Waals surface area contributed by atoms with Crippen LogP contribution in [0.15, 0.2) is 23.1 Å². The van der Waals surface area contributed by atoms with Crippen molar-refractivity contribution in [1.82, 2.24) is 24.5 Å². The van der Waals surface area contributed by atoms with Crippen molar-refractivity contribution in [3.63, 3.8) is 0 Å². The van der Waals surface area contributed by atoms with E-state index in [1.807, 2.05) is 0 Å². The van der Waals surface area contributed by atoms with E-state index in [1.54, 1.807) is 0 Å². The Balaban J connectivity index is 2.08. The van der Waals surface area contributed by atoms with E-state index in [-0.39, 0.29) is 50.1 Å². The Kier molecular flexibility index (Phi) is 4.66. The van der Waals surface area contributed by atoms with E-state index < -0.39 is 38.4 Å². The van der Waals surface area contributed by atoms with Crippen molar-refractivity contribution in [1.29, 1.82) is 0 Å². The topological polar surface area (TPSA) is 81.0 Å². The van der Waals surface area contributed by atoms with E-state index in [9.17, 15) is 34.8 Å². The number of hydrogen-bond acceptors (Lipinski definition) is 5. The monoisotopic (exact) mass is 415 g/mol. The first-order valence-corrected chi connectivity index (χ1v) is 8.88. The van der Waals surface area contributed by atoms with E-state index in [0.29, 0.717) is 0 Å². The van der Waals surface area contributed by atoms with Crippen molar-refractivity contribution in [2.75, 3.05) is 6.54 Å². The summed E-state index contributed by atoms with van der Waals surface area (Å²) in [6, 6.07) is 0.263. The quantitative estimate of drug-likeness (QED) is 0.704. The van der Waals surface area contributed by atoms with Gasteiger partial charge in [0, 0.05) is 13.1 Å². The Morgan fingerprint density at radius 3 is 2.07 bits per heavy atom. The fourth-order valence-corrected chi connectivity index (χ4v) is 4.08. The minimum Gasteiger partial charge on any atom is -0.228 e. The molecule has 7 nitrogen and oxygen atoms in total. The summed E-state index contributed by atoms with van der Waals surface area (Å²) in [7, 11) is -4.65. The van der Waals surface area contributed by atoms with E-state index in [1.165, 1.54) is 4.68 Å². The molecule has 0 saturated heterocycles. The molecule has 0 aliphatic carbocycles. The molecule has 0 atom stereocenters. The first-order chi connectivity index (χ1) is 12.4. The lowest BCUT2D eigenvalue weighted by atomic mass is 10.1. The van der Waals surface area contributed by atoms with Gasteiger partial charge in [-0.1, -0.05) is 0 Å². The van der Waals surface area contributed by atoms with Gasteiger partial charge >= 0.3 is 12.4 Å². The van der Waals surface area contributed by atoms with Gasteiger partial charge in [-0.3, -0.25) is 0 Å². The molecule has 0 fully saturated rings. The highest BCUT2D eigenvalue weighted by molar-refractivity contribution is 7.89. The summed E-state index contributed by atoms with van der Waals surface area (Å²) in [4.78, 5) is -1.09. The molecule has 0 radical (unpaired) electrons. The fraction of sp³-hybridized carbons (Fsp3) is 0.462. The first-order valence-electron chi connectivity index (χ1n) is 7.44. The second-order valence-electron chi connectivity index (χ2n) is 5.75. The summed E-state index contributed by atoms with van der Waals surface area (Å²) < 4.78 is 105. The average molecular weight is 415 g/mol. The van der Waals surface area contributed by atoms with Gasteiger partial charge in [-0.15, -0.1) is 5.10 Å². The number of benzene rings is 1. The molecule has 1 aliphatic rings. The van der Waals surface area contributed by atoms with Crippen LogP contribution in [0.4, 0.5) is 26.3 Å². The van der Waals surface area contributed by atoms with Gasteiger partial charge in [0.05, 0.1) is 22.6 Å². The van der Waals surface area contributed by atoms with Crippen molar-refractivity contribution < 1.29 is 34.8 Å². The molecule has 2 heterocycles. The minimum atomic E-state index is -5.14. The van der Waals surface area contributed by atoms with Crippen LogP contribution in [0, 0.1) is 0 Å². The molecule has 1 aliphatic heterocycles. The number of aromatic nitrogens is 4. The molecule has 0 saturated carbocycles. The Morgan fingerprint density at radius 1 is 0.926 bits per heavy atom. The fourth-order valence-electron chi connectivity index (χ4n) is 2.57. The molecule has 148 valence electrons. The second-order valence-corrected chi connectivity index (χ2v) is 7.69. The van der Waals surface area contributed by atoms with Gasteiger partial charge in [0.15, 0.2) is 5.82 Å². The number of sulfonamides is 1. The van der Waals surface area contributed by atoms with Gasteiger partial charge in [0.1, 0.15) is 0 Å². The highest BCUT2D eigenvalue weighted by Gasteiger charge is 2.39. The molecule has 14 heteroatoms. The Bertz CT molecular complexity index is 921. The molecule has 0 N–H and O–H groups in total. The predicted octanol–water partition coefficient (Wildman–Crippen LogP) is 2.31. The smallest absolute Gasteiger partial charge is 0.228 e. The number of rotatable bonds is 2. The van der Waals surface area contributed by atoms with Crippen molar-refractivity contribution in [2.45, 2.75) is 36.8 Å². The SMILES string of the molecule is O=S(=O)(c1cc(C(F)(F)F)cc(C(F)(F)F)c1)N1CCCn2nnnc2C1. The maximum atomic E-state index is 13.0. The van der Waals surface area contributed by atoms with Crippen LogP contribution in [0.5, 0.6) is 0 Å². The molecule has 1 aromatic carbocycles. The van der Waals surface area contributed by atoms with E-state index in [4.69, 9.17) is 0 Å². The lowest BCUT2D eigenvalue weighted by Gasteiger charge is -2.21. The summed E-state index contributed by atoms with van der Waals surface area (Å²) in [5.74, 6) is 0.138. The maximum Gasteiger partial charge on any atom is 0.416 e. The zero-order valence-corrected chi connectivity index (χ0v) is 14.1. The van der Waals surface area contributed by atoms with Gasteiger partial charge in [-0.25, -0.2) is 13.1 Å². The largest absolute Gasteiger partial charge is 0.416 e. The number of hydrogen-bond donors (Lipinski definition) is 0. The number of fused-ring (bicyclic) bond motifs is 1. The molecular formula is C13H11F6N5O2S. The summed E-state index contributed by atoms with van der Waals surface area (Å²) in [5, 5.41) is 10.6. The first kappa shape index (κ1) is 19.5. The van der Waals surface area contributed by atoms with Crippen LogP contribution >= 0.6 is 0 Å². The van der Waals surface area contributed by atoms with Gasteiger partial charge in [-0.2, -0.15) is 30.6 Å². The maximum absolute atomic E-state index is 13.0. The molecule has 1 aromatic heterocycles. The summed E-state index contributed by atoms with van der Waals surface area (Å²) in [5.41, 5.74) is -3.40. The third kappa shape index (κ3) is 3.90.